The van der Waals surface area contributed by atoms with Crippen molar-refractivity contribution < 1.29 is 4.74 Å². The summed E-state index contributed by atoms with van der Waals surface area (Å²) < 4.78 is 6.43. The zero-order chi connectivity index (χ0) is 16.4. The molecule has 1 N–H and O–H groups in total. The van der Waals surface area contributed by atoms with Gasteiger partial charge < -0.3 is 10.1 Å². The molecule has 1 unspecified atom stereocenters. The summed E-state index contributed by atoms with van der Waals surface area (Å²) in [5, 5.41) is 15.0. The third-order valence-electron chi connectivity index (χ3n) is 3.66. The Balaban J connectivity index is 1.47. The molecule has 3 aromatic rings. The number of nitrogens with one attached hydrogen (secondary N) is 1. The second-order valence-electron chi connectivity index (χ2n) is 5.33. The Morgan fingerprint density at radius 1 is 1.33 bits per heavy atom. The van der Waals surface area contributed by atoms with Crippen molar-refractivity contribution >= 4 is 50.7 Å². The Bertz CT molecular complexity index is 853. The van der Waals surface area contributed by atoms with Crippen molar-refractivity contribution in [2.75, 3.05) is 18.5 Å². The predicted octanol–water partition coefficient (Wildman–Crippen LogP) is 3.88. The van der Waals surface area contributed by atoms with E-state index in [0.717, 1.165) is 51.4 Å². The van der Waals surface area contributed by atoms with E-state index in [1.54, 1.807) is 6.33 Å². The van der Waals surface area contributed by atoms with Gasteiger partial charge in [0.25, 0.3) is 0 Å². The normalized spacial score (nSPS) is 17.5. The van der Waals surface area contributed by atoms with Crippen LogP contribution in [0.3, 0.4) is 0 Å². The quantitative estimate of drug-likeness (QED) is 0.674. The van der Waals surface area contributed by atoms with Gasteiger partial charge in [0.15, 0.2) is 4.34 Å². The van der Waals surface area contributed by atoms with Gasteiger partial charge in [-0.15, -0.1) is 10.2 Å². The summed E-state index contributed by atoms with van der Waals surface area (Å²) in [6, 6.07) is 5.60. The molecule has 0 saturated carbocycles. The summed E-state index contributed by atoms with van der Waals surface area (Å²) in [4.78, 5) is 8.61. The van der Waals surface area contributed by atoms with E-state index in [0.29, 0.717) is 5.02 Å². The molecule has 4 rings (SSSR count). The monoisotopic (exact) mass is 379 g/mol. The van der Waals surface area contributed by atoms with Gasteiger partial charge in [0.2, 0.25) is 5.13 Å². The van der Waals surface area contributed by atoms with Crippen molar-refractivity contribution in [2.24, 2.45) is 0 Å². The van der Waals surface area contributed by atoms with Crippen LogP contribution < -0.4 is 5.32 Å². The minimum atomic E-state index is 0.278. The number of anilines is 1. The lowest BCUT2D eigenvalue weighted by atomic mass is 10.2. The molecule has 124 valence electrons. The van der Waals surface area contributed by atoms with Gasteiger partial charge in [0.05, 0.1) is 11.6 Å². The standard InChI is InChI=1S/C15H14ClN5OS2/c16-9-3-4-11-12(6-9)18-8-19-13(11)23-15-21-20-14(24-15)17-7-10-2-1-5-22-10/h3-4,6,8,10H,1-2,5,7H2,(H,17,20). The van der Waals surface area contributed by atoms with Gasteiger partial charge in [-0.2, -0.15) is 0 Å². The molecular formula is C15H14ClN5OS2. The van der Waals surface area contributed by atoms with E-state index < -0.39 is 0 Å². The van der Waals surface area contributed by atoms with E-state index in [4.69, 9.17) is 16.3 Å². The molecule has 1 aromatic carbocycles. The zero-order valence-electron chi connectivity index (χ0n) is 12.6. The number of benzene rings is 1. The van der Waals surface area contributed by atoms with Crippen LogP contribution in [0.4, 0.5) is 5.13 Å². The lowest BCUT2D eigenvalue weighted by molar-refractivity contribution is 0.120. The molecule has 3 heterocycles. The number of halogens is 1. The Labute approximate surface area is 152 Å². The molecule has 9 heteroatoms. The first-order chi connectivity index (χ1) is 11.8. The highest BCUT2D eigenvalue weighted by molar-refractivity contribution is 8.01. The minimum Gasteiger partial charge on any atom is -0.376 e. The summed E-state index contributed by atoms with van der Waals surface area (Å²) >= 11 is 9.01. The molecule has 0 aliphatic carbocycles. The van der Waals surface area contributed by atoms with Crippen LogP contribution in [0.25, 0.3) is 10.9 Å². The molecule has 1 saturated heterocycles. The molecule has 1 aliphatic heterocycles. The maximum absolute atomic E-state index is 6.02. The van der Waals surface area contributed by atoms with Crippen molar-refractivity contribution in [3.05, 3.63) is 29.5 Å². The van der Waals surface area contributed by atoms with Crippen LogP contribution in [-0.4, -0.2) is 39.4 Å². The summed E-state index contributed by atoms with van der Waals surface area (Å²) in [6.07, 6.45) is 4.05. The number of hydrogen-bond donors (Lipinski definition) is 1. The summed E-state index contributed by atoms with van der Waals surface area (Å²) in [5.41, 5.74) is 0.821. The number of fused-ring (bicyclic) bond motifs is 1. The van der Waals surface area contributed by atoms with Gasteiger partial charge in [-0.3, -0.25) is 0 Å². The van der Waals surface area contributed by atoms with Crippen LogP contribution in [0, 0.1) is 0 Å². The van der Waals surface area contributed by atoms with E-state index in [-0.39, 0.29) is 6.10 Å². The van der Waals surface area contributed by atoms with Crippen molar-refractivity contribution in [1.29, 1.82) is 0 Å². The second kappa shape index (κ2) is 7.18. The van der Waals surface area contributed by atoms with Crippen LogP contribution in [0.1, 0.15) is 12.8 Å². The average molecular weight is 380 g/mol. The summed E-state index contributed by atoms with van der Waals surface area (Å²) in [6.45, 7) is 1.63. The van der Waals surface area contributed by atoms with E-state index in [9.17, 15) is 0 Å². The minimum absolute atomic E-state index is 0.278. The number of aromatic nitrogens is 4. The molecule has 0 radical (unpaired) electrons. The molecule has 6 nitrogen and oxygen atoms in total. The second-order valence-corrected chi connectivity index (χ2v) is 7.98. The maximum Gasteiger partial charge on any atom is 0.206 e. The first-order valence-electron chi connectivity index (χ1n) is 7.55. The van der Waals surface area contributed by atoms with Crippen molar-refractivity contribution in [1.82, 2.24) is 20.2 Å². The predicted molar refractivity (Wildman–Crippen MR) is 96.0 cm³/mol. The zero-order valence-corrected chi connectivity index (χ0v) is 15.0. The first kappa shape index (κ1) is 16.0. The fourth-order valence-electron chi connectivity index (χ4n) is 2.50. The Kier molecular flexibility index (Phi) is 4.79. The number of nitrogens with zero attached hydrogens (tertiary/aromatic N) is 4. The molecule has 0 bridgehead atoms. The molecule has 1 aliphatic rings. The van der Waals surface area contributed by atoms with Crippen LogP contribution in [0.2, 0.25) is 5.02 Å². The van der Waals surface area contributed by atoms with Gasteiger partial charge in [0.1, 0.15) is 11.4 Å². The smallest absolute Gasteiger partial charge is 0.206 e. The Morgan fingerprint density at radius 2 is 2.29 bits per heavy atom. The third-order valence-corrected chi connectivity index (χ3v) is 5.84. The van der Waals surface area contributed by atoms with Crippen molar-refractivity contribution in [3.63, 3.8) is 0 Å². The van der Waals surface area contributed by atoms with E-state index in [2.05, 4.69) is 25.5 Å². The van der Waals surface area contributed by atoms with Gasteiger partial charge in [0, 0.05) is 23.6 Å². The maximum atomic E-state index is 6.02. The summed E-state index contributed by atoms with van der Waals surface area (Å²) in [5.74, 6) is 0. The Morgan fingerprint density at radius 3 is 3.17 bits per heavy atom. The SMILES string of the molecule is Clc1ccc2c(Sc3nnc(NCC4CCCO4)s3)ncnc2c1. The van der Waals surface area contributed by atoms with Gasteiger partial charge in [-0.05, 0) is 42.8 Å². The van der Waals surface area contributed by atoms with Crippen LogP contribution in [0.15, 0.2) is 33.9 Å². The largest absolute Gasteiger partial charge is 0.376 e. The molecule has 24 heavy (non-hydrogen) atoms. The molecule has 1 atom stereocenters. The Hall–Kier alpha value is -1.48. The van der Waals surface area contributed by atoms with Gasteiger partial charge >= 0.3 is 0 Å². The molecule has 0 amide bonds. The molecular weight excluding hydrogens is 366 g/mol. The molecule has 0 spiro atoms. The first-order valence-corrected chi connectivity index (χ1v) is 9.56. The number of hydrogen-bond acceptors (Lipinski definition) is 8. The van der Waals surface area contributed by atoms with Gasteiger partial charge in [-0.25, -0.2) is 9.97 Å². The van der Waals surface area contributed by atoms with E-state index in [1.165, 1.54) is 23.1 Å². The van der Waals surface area contributed by atoms with E-state index >= 15 is 0 Å². The van der Waals surface area contributed by atoms with E-state index in [1.807, 2.05) is 18.2 Å². The van der Waals surface area contributed by atoms with Crippen LogP contribution in [-0.2, 0) is 4.74 Å². The lowest BCUT2D eigenvalue weighted by Crippen LogP contribution is -2.18. The van der Waals surface area contributed by atoms with Gasteiger partial charge in [-0.1, -0.05) is 22.9 Å². The highest BCUT2D eigenvalue weighted by Crippen LogP contribution is 2.34. The lowest BCUT2D eigenvalue weighted by Gasteiger charge is -2.08. The van der Waals surface area contributed by atoms with Crippen molar-refractivity contribution in [2.45, 2.75) is 28.3 Å². The van der Waals surface area contributed by atoms with Crippen LogP contribution in [0.5, 0.6) is 0 Å². The van der Waals surface area contributed by atoms with Crippen molar-refractivity contribution in [3.8, 4) is 0 Å². The fourth-order valence-corrected chi connectivity index (χ4v) is 4.42. The highest BCUT2D eigenvalue weighted by Gasteiger charge is 2.16. The molecule has 1 fully saturated rings. The fraction of sp³-hybridized carbons (Fsp3) is 0.333. The third kappa shape index (κ3) is 3.61. The number of ether oxygens (including phenoxy) is 1. The topological polar surface area (TPSA) is 72.8 Å². The average Bonchev–Trinajstić information content (AvgIpc) is 3.24. The summed E-state index contributed by atoms with van der Waals surface area (Å²) in [7, 11) is 0. The highest BCUT2D eigenvalue weighted by atomic mass is 35.5. The number of rotatable bonds is 5. The van der Waals surface area contributed by atoms with Crippen LogP contribution >= 0.6 is 34.7 Å². The molecule has 2 aromatic heterocycles.